The molecule has 192 valence electrons. The Morgan fingerprint density at radius 2 is 0.711 bits per heavy atom. The summed E-state index contributed by atoms with van der Waals surface area (Å²) in [5.41, 5.74) is 0. The zero-order valence-corrected chi connectivity index (χ0v) is 28.8. The van der Waals surface area contributed by atoms with Crippen LogP contribution in [0.25, 0.3) is 0 Å². The molecular weight excluding hydrogens is 568 g/mol. The van der Waals surface area contributed by atoms with Crippen molar-refractivity contribution < 1.29 is 197 Å². The number of rotatable bonds is 16. The fourth-order valence-corrected chi connectivity index (χ4v) is 2.02. The van der Waals surface area contributed by atoms with Gasteiger partial charge in [-0.1, -0.05) is 0 Å². The van der Waals surface area contributed by atoms with Crippen molar-refractivity contribution >= 4 is 47.8 Å². The molecule has 0 aliphatic carbocycles. The average Bonchev–Trinajstić information content (AvgIpc) is 2.64. The third-order valence-electron chi connectivity index (χ3n) is 3.47. The van der Waals surface area contributed by atoms with E-state index in [4.69, 9.17) is 20.4 Å². The molecular formula is C16H18N2Na4O16. The number of nitrogens with one attached hydrogen (secondary N) is 2. The van der Waals surface area contributed by atoms with Crippen LogP contribution < -0.4 is 149 Å². The maximum Gasteiger partial charge on any atom is 1.00 e. The summed E-state index contributed by atoms with van der Waals surface area (Å²) < 4.78 is 0. The molecule has 0 aromatic heterocycles. The second kappa shape index (κ2) is 26.9. The van der Waals surface area contributed by atoms with E-state index in [0.29, 0.717) is 0 Å². The number of carbonyl (C=O) groups is 8. The summed E-state index contributed by atoms with van der Waals surface area (Å²) in [5, 5.41) is 78.9. The molecule has 0 bridgehead atoms. The third kappa shape index (κ3) is 27.3. The smallest absolute Gasteiger partial charge is 0.550 e. The molecule has 22 heteroatoms. The number of hydrogen-bond acceptors (Lipinski definition) is 14. The van der Waals surface area contributed by atoms with Gasteiger partial charge in [0.1, 0.15) is 12.1 Å². The van der Waals surface area contributed by atoms with Crippen LogP contribution in [0.5, 0.6) is 0 Å². The predicted molar refractivity (Wildman–Crippen MR) is 90.5 cm³/mol. The van der Waals surface area contributed by atoms with E-state index in [1.54, 1.807) is 5.32 Å². The van der Waals surface area contributed by atoms with Crippen LogP contribution in [0.3, 0.4) is 0 Å². The Bertz CT molecular complexity index is 697. The molecule has 0 amide bonds. The second-order valence-electron chi connectivity index (χ2n) is 6.21. The molecule has 0 saturated carbocycles. The summed E-state index contributed by atoms with van der Waals surface area (Å²) in [5.74, 6) is -13.4. The molecule has 18 nitrogen and oxygen atoms in total. The molecule has 0 aromatic rings. The van der Waals surface area contributed by atoms with Gasteiger partial charge in [0.15, 0.2) is 0 Å². The summed E-state index contributed by atoms with van der Waals surface area (Å²) >= 11 is 0. The second-order valence-corrected chi connectivity index (χ2v) is 6.21. The third-order valence-corrected chi connectivity index (χ3v) is 3.47. The molecule has 4 atom stereocenters. The molecule has 0 heterocycles. The van der Waals surface area contributed by atoms with Crippen LogP contribution in [0.15, 0.2) is 0 Å². The molecule has 0 spiro atoms. The quantitative estimate of drug-likeness (QED) is 0.0914. The van der Waals surface area contributed by atoms with Gasteiger partial charge in [-0.25, -0.2) is 0 Å². The SMILES string of the molecule is O=C(O)CC(NC(CC(=O)O)C(=O)O)C(=O)O.O=C([O-])CC(NC(CC(=O)[O-])C(=O)[O-])C(=O)[O-].[Na+].[Na+].[Na+].[Na+]. The van der Waals surface area contributed by atoms with Gasteiger partial charge in [-0.15, -0.1) is 0 Å². The van der Waals surface area contributed by atoms with Crippen LogP contribution in [0.1, 0.15) is 25.7 Å². The topological polar surface area (TPSA) is 334 Å². The van der Waals surface area contributed by atoms with Gasteiger partial charge in [-0.2, -0.15) is 0 Å². The fraction of sp³-hybridized carbons (Fsp3) is 0.500. The van der Waals surface area contributed by atoms with E-state index < -0.39 is 97.6 Å². The predicted octanol–water partition coefficient (Wildman–Crippen LogP) is -20.5. The molecule has 0 rings (SSSR count). The maximum absolute atomic E-state index is 10.6. The Hall–Kier alpha value is -0.320. The maximum atomic E-state index is 10.6. The normalized spacial score (nSPS) is 12.2. The van der Waals surface area contributed by atoms with Gasteiger partial charge in [-0.05, 0) is 0 Å². The molecule has 38 heavy (non-hydrogen) atoms. The summed E-state index contributed by atoms with van der Waals surface area (Å²) in [6.07, 6.45) is -3.84. The van der Waals surface area contributed by atoms with Crippen LogP contribution in [0.4, 0.5) is 0 Å². The summed E-state index contributed by atoms with van der Waals surface area (Å²) in [7, 11) is 0. The molecule has 4 unspecified atom stereocenters. The number of aliphatic carboxylic acids is 8. The summed E-state index contributed by atoms with van der Waals surface area (Å²) in [6.45, 7) is 0. The first-order chi connectivity index (χ1) is 15.5. The van der Waals surface area contributed by atoms with E-state index in [2.05, 4.69) is 0 Å². The van der Waals surface area contributed by atoms with E-state index in [9.17, 15) is 58.8 Å². The van der Waals surface area contributed by atoms with E-state index in [0.717, 1.165) is 0 Å². The zero-order chi connectivity index (χ0) is 27.2. The standard InChI is InChI=1S/2C8H11NO8.4Na/c2*10-5(11)1-3(7(14)15)9-4(8(16)17)2-6(12)13;;;;/h2*3-4,9H,1-2H2,(H,10,11)(H,12,13)(H,14,15)(H,16,17);;;;/q;;4*+1/p-4. The van der Waals surface area contributed by atoms with Gasteiger partial charge in [0, 0.05) is 24.8 Å². The van der Waals surface area contributed by atoms with Crippen molar-refractivity contribution in [2.75, 3.05) is 0 Å². The number of carboxylic acid groups (broad SMARTS) is 8. The minimum Gasteiger partial charge on any atom is -0.550 e. The number of carboxylic acids is 8. The molecule has 0 aliphatic heterocycles. The van der Waals surface area contributed by atoms with Crippen molar-refractivity contribution in [3.05, 3.63) is 0 Å². The minimum atomic E-state index is -1.90. The molecule has 0 fully saturated rings. The van der Waals surface area contributed by atoms with E-state index >= 15 is 0 Å². The van der Waals surface area contributed by atoms with Gasteiger partial charge in [0.25, 0.3) is 0 Å². The first kappa shape index (κ1) is 50.5. The Morgan fingerprint density at radius 1 is 0.474 bits per heavy atom. The summed E-state index contributed by atoms with van der Waals surface area (Å²) in [4.78, 5) is 83.0. The van der Waals surface area contributed by atoms with Crippen molar-refractivity contribution in [1.82, 2.24) is 10.6 Å². The van der Waals surface area contributed by atoms with Crippen molar-refractivity contribution in [2.24, 2.45) is 0 Å². The Morgan fingerprint density at radius 3 is 0.868 bits per heavy atom. The zero-order valence-electron chi connectivity index (χ0n) is 20.8. The van der Waals surface area contributed by atoms with E-state index in [1.165, 1.54) is 0 Å². The van der Waals surface area contributed by atoms with Crippen LogP contribution in [-0.2, 0) is 38.4 Å². The van der Waals surface area contributed by atoms with Crippen LogP contribution in [0.2, 0.25) is 0 Å². The Labute approximate surface area is 302 Å². The number of carbonyl (C=O) groups excluding carboxylic acids is 4. The van der Waals surface area contributed by atoms with Gasteiger partial charge < -0.3 is 65.3 Å². The largest absolute Gasteiger partial charge is 1.00 e. The number of hydrogen-bond donors (Lipinski definition) is 6. The van der Waals surface area contributed by atoms with Gasteiger partial charge in [0.2, 0.25) is 0 Å². The van der Waals surface area contributed by atoms with Gasteiger partial charge >= 0.3 is 142 Å². The first-order valence-corrected chi connectivity index (χ1v) is 8.70. The Kier molecular flexibility index (Phi) is 35.7. The monoisotopic (exact) mass is 586 g/mol. The van der Waals surface area contributed by atoms with Crippen molar-refractivity contribution in [3.8, 4) is 0 Å². The van der Waals surface area contributed by atoms with E-state index in [1.807, 2.05) is 5.32 Å². The molecule has 6 N–H and O–H groups in total. The minimum absolute atomic E-state index is 0. The van der Waals surface area contributed by atoms with Gasteiger partial charge in [0.05, 0.1) is 36.9 Å². The van der Waals surface area contributed by atoms with Crippen molar-refractivity contribution in [3.63, 3.8) is 0 Å². The first-order valence-electron chi connectivity index (χ1n) is 8.70. The van der Waals surface area contributed by atoms with Gasteiger partial charge in [-0.3, -0.25) is 24.5 Å². The van der Waals surface area contributed by atoms with Crippen LogP contribution >= 0.6 is 0 Å². The fourth-order valence-electron chi connectivity index (χ4n) is 2.02. The summed E-state index contributed by atoms with van der Waals surface area (Å²) in [6, 6.07) is -7.12. The average molecular weight is 586 g/mol. The van der Waals surface area contributed by atoms with Crippen LogP contribution in [0, 0.1) is 0 Å². The van der Waals surface area contributed by atoms with Crippen molar-refractivity contribution in [2.45, 2.75) is 49.9 Å². The molecule has 0 radical (unpaired) electrons. The molecule has 0 aliphatic rings. The molecule has 0 aromatic carbocycles. The van der Waals surface area contributed by atoms with Crippen molar-refractivity contribution in [1.29, 1.82) is 0 Å². The molecule has 0 saturated heterocycles. The Balaban J connectivity index is -0.000000122. The van der Waals surface area contributed by atoms with E-state index in [-0.39, 0.29) is 118 Å². The van der Waals surface area contributed by atoms with Crippen LogP contribution in [-0.4, -0.2) is 92.3 Å².